The van der Waals surface area contributed by atoms with Gasteiger partial charge in [0.25, 0.3) is 0 Å². The molecule has 0 fully saturated rings. The number of para-hydroxylation sites is 3. The Morgan fingerprint density at radius 3 is 2.35 bits per heavy atom. The van der Waals surface area contributed by atoms with E-state index in [1.54, 1.807) is 9.13 Å². The van der Waals surface area contributed by atoms with Gasteiger partial charge in [-0.1, -0.05) is 54.6 Å². The average molecular weight is 453 g/mol. The number of aryl methyl sites for hydroxylation is 2. The van der Waals surface area contributed by atoms with Gasteiger partial charge in [-0.2, -0.15) is 5.10 Å². The Morgan fingerprint density at radius 1 is 0.912 bits per heavy atom. The SMILES string of the molecule is CCn1c(=O)n(CCC(=O)Nc2ccccc2-c2nc(-c3ccccc3)n[nH]2)c2ccccc21. The maximum Gasteiger partial charge on any atom is 0.329 e. The predicted octanol–water partition coefficient (Wildman–Crippen LogP) is 4.30. The maximum atomic E-state index is 12.8. The maximum absolute atomic E-state index is 12.8. The molecule has 2 heterocycles. The molecule has 34 heavy (non-hydrogen) atoms. The molecular weight excluding hydrogens is 428 g/mol. The van der Waals surface area contributed by atoms with Crippen LogP contribution in [0, 0.1) is 0 Å². The number of benzene rings is 3. The number of H-pyrrole nitrogens is 1. The number of carbonyl (C=O) groups is 1. The van der Waals surface area contributed by atoms with Crippen molar-refractivity contribution in [2.45, 2.75) is 26.4 Å². The molecule has 170 valence electrons. The van der Waals surface area contributed by atoms with Gasteiger partial charge in [0.1, 0.15) is 0 Å². The summed E-state index contributed by atoms with van der Waals surface area (Å²) in [5.41, 5.74) is 3.88. The van der Waals surface area contributed by atoms with Crippen molar-refractivity contribution in [2.75, 3.05) is 5.32 Å². The lowest BCUT2D eigenvalue weighted by atomic mass is 10.1. The summed E-state index contributed by atoms with van der Waals surface area (Å²) in [5.74, 6) is 0.968. The Bertz CT molecular complexity index is 1510. The molecule has 5 rings (SSSR count). The molecule has 8 heteroatoms. The molecule has 0 spiro atoms. The van der Waals surface area contributed by atoms with Crippen LogP contribution < -0.4 is 11.0 Å². The zero-order chi connectivity index (χ0) is 23.5. The van der Waals surface area contributed by atoms with E-state index >= 15 is 0 Å². The van der Waals surface area contributed by atoms with E-state index in [1.807, 2.05) is 85.8 Å². The minimum atomic E-state index is -0.185. The number of fused-ring (bicyclic) bond motifs is 1. The molecule has 0 aliphatic rings. The molecule has 0 aliphatic carbocycles. The van der Waals surface area contributed by atoms with Crippen molar-refractivity contribution in [1.82, 2.24) is 24.3 Å². The summed E-state index contributed by atoms with van der Waals surface area (Å²) in [6, 6.07) is 24.8. The summed E-state index contributed by atoms with van der Waals surface area (Å²) < 4.78 is 3.38. The number of anilines is 1. The summed E-state index contributed by atoms with van der Waals surface area (Å²) >= 11 is 0. The Labute approximate surface area is 195 Å². The minimum Gasteiger partial charge on any atom is -0.325 e. The van der Waals surface area contributed by atoms with Crippen LogP contribution >= 0.6 is 0 Å². The molecule has 1 amide bonds. The number of nitrogens with one attached hydrogen (secondary N) is 2. The van der Waals surface area contributed by atoms with E-state index in [2.05, 4.69) is 20.5 Å². The van der Waals surface area contributed by atoms with Crippen LogP contribution in [0.2, 0.25) is 0 Å². The van der Waals surface area contributed by atoms with E-state index < -0.39 is 0 Å². The molecule has 2 N–H and O–H groups in total. The topological polar surface area (TPSA) is 97.6 Å². The van der Waals surface area contributed by atoms with Gasteiger partial charge >= 0.3 is 5.69 Å². The zero-order valence-corrected chi connectivity index (χ0v) is 18.7. The van der Waals surface area contributed by atoms with E-state index in [9.17, 15) is 9.59 Å². The van der Waals surface area contributed by atoms with Crippen LogP contribution in [0.1, 0.15) is 13.3 Å². The number of aromatic amines is 1. The molecule has 0 radical (unpaired) electrons. The second kappa shape index (κ2) is 9.19. The standard InChI is InChI=1S/C26H24N6O2/c1-2-31-21-14-8-9-15-22(21)32(26(31)34)17-16-23(33)27-20-13-7-6-12-19(20)25-28-24(29-30-25)18-10-4-3-5-11-18/h3-15H,2,16-17H2,1H3,(H,27,33)(H,28,29,30). The molecule has 0 saturated carbocycles. The first-order valence-electron chi connectivity index (χ1n) is 11.2. The number of hydrogen-bond acceptors (Lipinski definition) is 4. The third kappa shape index (κ3) is 4.01. The lowest BCUT2D eigenvalue weighted by Gasteiger charge is -2.09. The second-order valence-electron chi connectivity index (χ2n) is 7.88. The summed E-state index contributed by atoms with van der Waals surface area (Å²) in [4.78, 5) is 30.3. The Hall–Kier alpha value is -4.46. The van der Waals surface area contributed by atoms with Crippen molar-refractivity contribution in [3.05, 3.63) is 89.3 Å². The number of nitrogens with zero attached hydrogens (tertiary/aromatic N) is 4. The highest BCUT2D eigenvalue weighted by Gasteiger charge is 2.15. The third-order valence-corrected chi connectivity index (χ3v) is 5.78. The van der Waals surface area contributed by atoms with Gasteiger partial charge < -0.3 is 5.32 Å². The molecule has 8 nitrogen and oxygen atoms in total. The number of rotatable bonds is 7. The first-order chi connectivity index (χ1) is 16.7. The first kappa shape index (κ1) is 21.4. The predicted molar refractivity (Wildman–Crippen MR) is 132 cm³/mol. The lowest BCUT2D eigenvalue weighted by molar-refractivity contribution is -0.116. The smallest absolute Gasteiger partial charge is 0.325 e. The van der Waals surface area contributed by atoms with Gasteiger partial charge in [0.2, 0.25) is 5.91 Å². The van der Waals surface area contributed by atoms with E-state index in [-0.39, 0.29) is 18.0 Å². The number of carbonyl (C=O) groups excluding carboxylic acids is 1. The average Bonchev–Trinajstić information content (AvgIpc) is 3.46. The van der Waals surface area contributed by atoms with Gasteiger partial charge in [0.05, 0.1) is 16.7 Å². The Balaban J connectivity index is 1.34. The van der Waals surface area contributed by atoms with Crippen molar-refractivity contribution < 1.29 is 4.79 Å². The first-order valence-corrected chi connectivity index (χ1v) is 11.2. The zero-order valence-electron chi connectivity index (χ0n) is 18.7. The summed E-state index contributed by atoms with van der Waals surface area (Å²) in [6.45, 7) is 2.81. The molecule has 0 unspecified atom stereocenters. The fourth-order valence-corrected chi connectivity index (χ4v) is 4.12. The van der Waals surface area contributed by atoms with Crippen molar-refractivity contribution >= 4 is 22.6 Å². The fraction of sp³-hybridized carbons (Fsp3) is 0.154. The van der Waals surface area contributed by atoms with Crippen LogP contribution in [0.15, 0.2) is 83.7 Å². The van der Waals surface area contributed by atoms with Gasteiger partial charge in [-0.05, 0) is 31.2 Å². The van der Waals surface area contributed by atoms with Gasteiger partial charge in [0, 0.05) is 30.6 Å². The number of amides is 1. The fourth-order valence-electron chi connectivity index (χ4n) is 4.12. The molecule has 0 bridgehead atoms. The normalized spacial score (nSPS) is 11.1. The highest BCUT2D eigenvalue weighted by Crippen LogP contribution is 2.27. The van der Waals surface area contributed by atoms with Gasteiger partial charge in [-0.25, -0.2) is 9.78 Å². The monoisotopic (exact) mass is 452 g/mol. The van der Waals surface area contributed by atoms with Crippen LogP contribution in [0.5, 0.6) is 0 Å². The number of aromatic nitrogens is 5. The molecule has 5 aromatic rings. The molecule has 3 aromatic carbocycles. The largest absolute Gasteiger partial charge is 0.329 e. The minimum absolute atomic E-state index is 0.105. The van der Waals surface area contributed by atoms with Crippen LogP contribution in [0.25, 0.3) is 33.8 Å². The van der Waals surface area contributed by atoms with Crippen molar-refractivity contribution in [1.29, 1.82) is 0 Å². The highest BCUT2D eigenvalue weighted by molar-refractivity contribution is 5.94. The molecule has 0 saturated heterocycles. The van der Waals surface area contributed by atoms with Crippen LogP contribution in [-0.4, -0.2) is 30.2 Å². The van der Waals surface area contributed by atoms with Crippen molar-refractivity contribution in [2.24, 2.45) is 0 Å². The van der Waals surface area contributed by atoms with E-state index in [0.29, 0.717) is 30.4 Å². The number of hydrogen-bond donors (Lipinski definition) is 2. The van der Waals surface area contributed by atoms with Gasteiger partial charge in [0.15, 0.2) is 11.6 Å². The van der Waals surface area contributed by atoms with E-state index in [0.717, 1.165) is 22.2 Å². The summed E-state index contributed by atoms with van der Waals surface area (Å²) in [7, 11) is 0. The van der Waals surface area contributed by atoms with Gasteiger partial charge in [-0.15, -0.1) is 0 Å². The highest BCUT2D eigenvalue weighted by atomic mass is 16.2. The van der Waals surface area contributed by atoms with Crippen molar-refractivity contribution in [3.8, 4) is 22.8 Å². The Morgan fingerprint density at radius 2 is 1.59 bits per heavy atom. The van der Waals surface area contributed by atoms with E-state index in [4.69, 9.17) is 0 Å². The summed E-state index contributed by atoms with van der Waals surface area (Å²) in [6.07, 6.45) is 0.164. The lowest BCUT2D eigenvalue weighted by Crippen LogP contribution is -2.25. The molecule has 0 aliphatic heterocycles. The third-order valence-electron chi connectivity index (χ3n) is 5.78. The molecular formula is C26H24N6O2. The van der Waals surface area contributed by atoms with Crippen LogP contribution in [0.4, 0.5) is 5.69 Å². The number of imidazole rings is 1. The second-order valence-corrected chi connectivity index (χ2v) is 7.88. The Kier molecular flexibility index (Phi) is 5.78. The summed E-state index contributed by atoms with van der Waals surface area (Å²) in [5, 5.41) is 10.3. The molecule has 0 atom stereocenters. The molecule has 2 aromatic heterocycles. The van der Waals surface area contributed by atoms with E-state index in [1.165, 1.54) is 0 Å². The van der Waals surface area contributed by atoms with Crippen molar-refractivity contribution in [3.63, 3.8) is 0 Å². The quantitative estimate of drug-likeness (QED) is 0.385. The van der Waals surface area contributed by atoms with Crippen LogP contribution in [0.3, 0.4) is 0 Å². The van der Waals surface area contributed by atoms with Gasteiger partial charge in [-0.3, -0.25) is 19.0 Å². The van der Waals surface area contributed by atoms with Crippen LogP contribution in [-0.2, 0) is 17.9 Å².